The van der Waals surface area contributed by atoms with Gasteiger partial charge in [0.15, 0.2) is 5.11 Å². The zero-order chi connectivity index (χ0) is 18.7. The Labute approximate surface area is 162 Å². The predicted octanol–water partition coefficient (Wildman–Crippen LogP) is 4.02. The zero-order valence-electron chi connectivity index (χ0n) is 15.1. The summed E-state index contributed by atoms with van der Waals surface area (Å²) in [6.07, 6.45) is 5.32. The van der Waals surface area contributed by atoms with Gasteiger partial charge in [-0.15, -0.1) is 11.3 Å². The molecule has 2 N–H and O–H groups in total. The van der Waals surface area contributed by atoms with Gasteiger partial charge in [0.2, 0.25) is 5.95 Å². The number of anilines is 2. The van der Waals surface area contributed by atoms with Crippen LogP contribution in [0.3, 0.4) is 0 Å². The average Bonchev–Trinajstić information content (AvgIpc) is 2.74. The molecule has 26 heavy (non-hydrogen) atoms. The van der Waals surface area contributed by atoms with Crippen molar-refractivity contribution in [3.63, 3.8) is 0 Å². The second-order valence-corrected chi connectivity index (χ2v) is 7.83. The van der Waals surface area contributed by atoms with Crippen molar-refractivity contribution in [1.29, 1.82) is 0 Å². The first-order valence-electron chi connectivity index (χ1n) is 8.61. The lowest BCUT2D eigenvalue weighted by atomic mass is 10.1. The molecule has 0 atom stereocenters. The lowest BCUT2D eigenvalue weighted by Crippen LogP contribution is -2.22. The van der Waals surface area contributed by atoms with Crippen molar-refractivity contribution in [3.8, 4) is 0 Å². The summed E-state index contributed by atoms with van der Waals surface area (Å²) < 4.78 is 5.01. The number of ether oxygens (including phenoxy) is 1. The maximum absolute atomic E-state index is 12.4. The first-order valence-corrected chi connectivity index (χ1v) is 9.83. The molecule has 0 radical (unpaired) electrons. The van der Waals surface area contributed by atoms with E-state index >= 15 is 0 Å². The second kappa shape index (κ2) is 8.09. The number of fused-ring (bicyclic) bond motifs is 1. The highest BCUT2D eigenvalue weighted by Gasteiger charge is 2.25. The van der Waals surface area contributed by atoms with E-state index < -0.39 is 0 Å². The molecular formula is C18H22N4O2S2. The van der Waals surface area contributed by atoms with Crippen LogP contribution < -0.4 is 10.6 Å². The summed E-state index contributed by atoms with van der Waals surface area (Å²) in [5, 5.41) is 7.24. The Morgan fingerprint density at radius 1 is 1.15 bits per heavy atom. The predicted molar refractivity (Wildman–Crippen MR) is 108 cm³/mol. The number of thiophene rings is 1. The van der Waals surface area contributed by atoms with Gasteiger partial charge < -0.3 is 15.4 Å². The molecule has 0 fully saturated rings. The molecule has 2 heterocycles. The first-order chi connectivity index (χ1) is 12.5. The van der Waals surface area contributed by atoms with Crippen LogP contribution in [0.2, 0.25) is 0 Å². The standard InChI is InChI=1S/C18H22N4O2S2/c1-10-9-11(2)20-17(19-10)22-18(25)21-15-14(16(23)24-3)12-7-5-4-6-8-13(12)26-15/h9H,4-8H2,1-3H3,(H2,19,20,21,22,25). The third-order valence-corrected chi connectivity index (χ3v) is 5.66. The topological polar surface area (TPSA) is 76.1 Å². The van der Waals surface area contributed by atoms with Crippen molar-refractivity contribution in [2.75, 3.05) is 17.7 Å². The smallest absolute Gasteiger partial charge is 0.341 e. The third-order valence-electron chi connectivity index (χ3n) is 4.25. The lowest BCUT2D eigenvalue weighted by molar-refractivity contribution is 0.0601. The van der Waals surface area contributed by atoms with Gasteiger partial charge in [-0.2, -0.15) is 0 Å². The van der Waals surface area contributed by atoms with Gasteiger partial charge in [-0.25, -0.2) is 14.8 Å². The summed E-state index contributed by atoms with van der Waals surface area (Å²) >= 11 is 6.99. The zero-order valence-corrected chi connectivity index (χ0v) is 16.8. The van der Waals surface area contributed by atoms with E-state index in [-0.39, 0.29) is 5.97 Å². The number of rotatable bonds is 3. The number of thiocarbonyl (C=S) groups is 1. The highest BCUT2D eigenvalue weighted by atomic mass is 32.1. The summed E-state index contributed by atoms with van der Waals surface area (Å²) in [6, 6.07) is 1.90. The van der Waals surface area contributed by atoms with Gasteiger partial charge in [0.25, 0.3) is 0 Å². The summed E-state index contributed by atoms with van der Waals surface area (Å²) in [7, 11) is 1.41. The Morgan fingerprint density at radius 2 is 1.85 bits per heavy atom. The Morgan fingerprint density at radius 3 is 2.54 bits per heavy atom. The van der Waals surface area contributed by atoms with Crippen LogP contribution in [0.1, 0.15) is 51.4 Å². The van der Waals surface area contributed by atoms with Crippen molar-refractivity contribution in [1.82, 2.24) is 9.97 Å². The number of methoxy groups -OCH3 is 1. The van der Waals surface area contributed by atoms with E-state index in [4.69, 9.17) is 17.0 Å². The fraction of sp³-hybridized carbons (Fsp3) is 0.444. The number of esters is 1. The number of nitrogens with one attached hydrogen (secondary N) is 2. The summed E-state index contributed by atoms with van der Waals surface area (Å²) in [5.41, 5.74) is 3.44. The van der Waals surface area contributed by atoms with Crippen LogP contribution in [0.15, 0.2) is 6.07 Å². The summed E-state index contributed by atoms with van der Waals surface area (Å²) in [5.74, 6) is 0.120. The second-order valence-electron chi connectivity index (χ2n) is 6.31. The van der Waals surface area contributed by atoms with E-state index in [2.05, 4.69) is 20.6 Å². The van der Waals surface area contributed by atoms with Crippen LogP contribution in [0.25, 0.3) is 0 Å². The minimum Gasteiger partial charge on any atom is -0.465 e. The van der Waals surface area contributed by atoms with E-state index in [0.717, 1.165) is 47.6 Å². The van der Waals surface area contributed by atoms with E-state index in [1.807, 2.05) is 19.9 Å². The van der Waals surface area contributed by atoms with Gasteiger partial charge in [-0.05, 0) is 63.4 Å². The molecule has 2 aromatic rings. The number of carbonyl (C=O) groups is 1. The van der Waals surface area contributed by atoms with E-state index in [9.17, 15) is 4.79 Å². The van der Waals surface area contributed by atoms with E-state index in [1.165, 1.54) is 18.4 Å². The number of nitrogens with zero attached hydrogens (tertiary/aromatic N) is 2. The van der Waals surface area contributed by atoms with Gasteiger partial charge in [-0.1, -0.05) is 6.42 Å². The van der Waals surface area contributed by atoms with Gasteiger partial charge in [0.05, 0.1) is 12.7 Å². The molecule has 0 aliphatic heterocycles. The normalized spacial score (nSPS) is 13.5. The van der Waals surface area contributed by atoms with Crippen LogP contribution >= 0.6 is 23.6 Å². The molecule has 0 bridgehead atoms. The van der Waals surface area contributed by atoms with Crippen LogP contribution in [0, 0.1) is 13.8 Å². The monoisotopic (exact) mass is 390 g/mol. The molecule has 0 saturated carbocycles. The van der Waals surface area contributed by atoms with Crippen LogP contribution in [-0.4, -0.2) is 28.2 Å². The number of hydrogen-bond donors (Lipinski definition) is 2. The SMILES string of the molecule is COC(=O)c1c(NC(=S)Nc2nc(C)cc(C)n2)sc2c1CCCCC2. The fourth-order valence-electron chi connectivity index (χ4n) is 3.17. The average molecular weight is 391 g/mol. The van der Waals surface area contributed by atoms with E-state index in [0.29, 0.717) is 16.6 Å². The molecule has 3 rings (SSSR count). The maximum atomic E-state index is 12.4. The first kappa shape index (κ1) is 18.7. The molecule has 138 valence electrons. The number of aryl methyl sites for hydroxylation is 3. The number of aromatic nitrogens is 2. The highest BCUT2D eigenvalue weighted by molar-refractivity contribution is 7.80. The molecule has 0 unspecified atom stereocenters. The van der Waals surface area contributed by atoms with Crippen molar-refractivity contribution < 1.29 is 9.53 Å². The molecule has 0 aromatic carbocycles. The number of hydrogen-bond acceptors (Lipinski definition) is 6. The van der Waals surface area contributed by atoms with Crippen LogP contribution in [-0.2, 0) is 17.6 Å². The summed E-state index contributed by atoms with van der Waals surface area (Å²) in [6.45, 7) is 3.81. The van der Waals surface area contributed by atoms with Crippen molar-refractivity contribution in [3.05, 3.63) is 33.5 Å². The van der Waals surface area contributed by atoms with Gasteiger partial charge >= 0.3 is 5.97 Å². The van der Waals surface area contributed by atoms with Gasteiger partial charge in [-0.3, -0.25) is 0 Å². The van der Waals surface area contributed by atoms with Crippen molar-refractivity contribution >= 4 is 45.6 Å². The van der Waals surface area contributed by atoms with Crippen LogP contribution in [0.4, 0.5) is 10.9 Å². The molecule has 0 saturated heterocycles. The Balaban J connectivity index is 1.84. The minimum atomic E-state index is -0.322. The lowest BCUT2D eigenvalue weighted by Gasteiger charge is -2.11. The van der Waals surface area contributed by atoms with Crippen molar-refractivity contribution in [2.24, 2.45) is 0 Å². The molecule has 0 spiro atoms. The number of carbonyl (C=O) groups excluding carboxylic acids is 1. The minimum absolute atomic E-state index is 0.322. The Kier molecular flexibility index (Phi) is 5.83. The molecule has 1 aliphatic rings. The largest absolute Gasteiger partial charge is 0.465 e. The van der Waals surface area contributed by atoms with Gasteiger partial charge in [0, 0.05) is 16.3 Å². The molecule has 0 amide bonds. The highest BCUT2D eigenvalue weighted by Crippen LogP contribution is 2.38. The van der Waals surface area contributed by atoms with E-state index in [1.54, 1.807) is 11.3 Å². The van der Waals surface area contributed by atoms with Crippen molar-refractivity contribution in [2.45, 2.75) is 46.0 Å². The maximum Gasteiger partial charge on any atom is 0.341 e. The quantitative estimate of drug-likeness (QED) is 0.466. The molecule has 6 nitrogen and oxygen atoms in total. The molecule has 1 aliphatic carbocycles. The Hall–Kier alpha value is -2.06. The van der Waals surface area contributed by atoms with Gasteiger partial charge in [0.1, 0.15) is 5.00 Å². The Bertz CT molecular complexity index is 828. The molecule has 2 aromatic heterocycles. The molecule has 8 heteroatoms. The summed E-state index contributed by atoms with van der Waals surface area (Å²) in [4.78, 5) is 22.3. The van der Waals surface area contributed by atoms with Crippen LogP contribution in [0.5, 0.6) is 0 Å². The molecular weight excluding hydrogens is 368 g/mol. The third kappa shape index (κ3) is 4.19. The fourth-order valence-corrected chi connectivity index (χ4v) is 4.71.